The van der Waals surface area contributed by atoms with Gasteiger partial charge in [-0.2, -0.15) is 10.4 Å². The van der Waals surface area contributed by atoms with E-state index in [-0.39, 0.29) is 84.6 Å². The topological polar surface area (TPSA) is 239 Å². The first-order chi connectivity index (χ1) is 38.3. The Bertz CT molecular complexity index is 3130. The molecule has 5 aromatic rings. The minimum atomic E-state index is -0.884. The van der Waals surface area contributed by atoms with Crippen LogP contribution < -0.4 is 36.5 Å². The molecule has 18 nitrogen and oxygen atoms in total. The van der Waals surface area contributed by atoms with Crippen LogP contribution in [0.3, 0.4) is 0 Å². The number of fused-ring (bicyclic) bond motifs is 7. The molecule has 8 rings (SSSR count). The third-order valence-corrected chi connectivity index (χ3v) is 15.6. The molecule has 4 heterocycles. The molecule has 5 atom stereocenters. The van der Waals surface area contributed by atoms with Gasteiger partial charge < -0.3 is 46.3 Å². The standard InChI is InChI=1S/C61H76FN11O7/c1-37(65-6)57(75)69-55(61(3,4)5)60(78)72-35-42-29-44(24-22-40(42)30-50(72)58(76)68-48-20-16-18-39-17-13-14-19-45(39)48)79-28-15-11-9-8-10-12-21-53(74)66-26-27-73-51-36-71(7)59(77)46-25-23-43(62)32-47(46)38(2)80-52-31-41(34-67-56(52)64)54(51)49(33-63)70-73/h13-14,17,19,22-25,29,31-32,34,37-38,48,50,55,65H,8-12,15-16,18,20-21,26-28,30,35-36H2,1-7H3,(H2,64,67)(H,66,74)(H,68,76)(H,69,75)/t37-,38-,48?,50-,55+/m1/s1. The number of likely N-dealkylation sites (N-methyl/N-ethyl adjacent to an activating group) is 1. The number of halogens is 1. The van der Waals surface area contributed by atoms with Crippen molar-refractivity contribution in [3.05, 3.63) is 124 Å². The summed E-state index contributed by atoms with van der Waals surface area (Å²) < 4.78 is 28.5. The van der Waals surface area contributed by atoms with Gasteiger partial charge in [0.05, 0.1) is 37.5 Å². The van der Waals surface area contributed by atoms with E-state index in [1.165, 1.54) is 34.9 Å². The van der Waals surface area contributed by atoms with Crippen LogP contribution in [0.1, 0.15) is 154 Å². The van der Waals surface area contributed by atoms with E-state index in [9.17, 15) is 33.6 Å². The number of pyridine rings is 1. The largest absolute Gasteiger partial charge is 0.494 e. The van der Waals surface area contributed by atoms with Crippen molar-refractivity contribution in [2.75, 3.05) is 33.0 Å². The molecule has 0 radical (unpaired) electrons. The van der Waals surface area contributed by atoms with E-state index in [1.54, 1.807) is 43.6 Å². The molecule has 0 spiro atoms. The monoisotopic (exact) mass is 1090 g/mol. The van der Waals surface area contributed by atoms with Crippen molar-refractivity contribution in [1.82, 2.24) is 45.8 Å². The van der Waals surface area contributed by atoms with E-state index in [1.807, 2.05) is 51.1 Å². The van der Waals surface area contributed by atoms with Gasteiger partial charge in [0.1, 0.15) is 35.8 Å². The number of nitriles is 1. The highest BCUT2D eigenvalue weighted by molar-refractivity contribution is 5.96. The van der Waals surface area contributed by atoms with E-state index in [4.69, 9.17) is 15.2 Å². The molecule has 424 valence electrons. The summed E-state index contributed by atoms with van der Waals surface area (Å²) in [5.74, 6) is -0.852. The van der Waals surface area contributed by atoms with Gasteiger partial charge in [0.2, 0.25) is 23.6 Å². The number of hydrogen-bond acceptors (Lipinski definition) is 12. The van der Waals surface area contributed by atoms with Crippen LogP contribution in [0.2, 0.25) is 0 Å². The van der Waals surface area contributed by atoms with Gasteiger partial charge >= 0.3 is 0 Å². The minimum absolute atomic E-state index is 0.0459. The first kappa shape index (κ1) is 58.3. The van der Waals surface area contributed by atoms with Gasteiger partial charge in [0, 0.05) is 61.4 Å². The van der Waals surface area contributed by atoms with Crippen LogP contribution in [-0.2, 0) is 51.7 Å². The number of aryl methyl sites for hydroxylation is 1. The molecular formula is C61H76FN11O7. The van der Waals surface area contributed by atoms with Crippen molar-refractivity contribution < 1.29 is 37.8 Å². The lowest BCUT2D eigenvalue weighted by molar-refractivity contribution is -0.147. The first-order valence-electron chi connectivity index (χ1n) is 28.0. The van der Waals surface area contributed by atoms with Gasteiger partial charge in [0.15, 0.2) is 17.3 Å². The van der Waals surface area contributed by atoms with Gasteiger partial charge in [-0.3, -0.25) is 28.7 Å². The molecular weight excluding hydrogens is 1020 g/mol. The lowest BCUT2D eigenvalue weighted by atomic mass is 9.83. The lowest BCUT2D eigenvalue weighted by Gasteiger charge is -2.41. The second-order valence-electron chi connectivity index (χ2n) is 22.4. The van der Waals surface area contributed by atoms with Crippen molar-refractivity contribution in [3.63, 3.8) is 0 Å². The number of nitrogens with two attached hydrogens (primary N) is 1. The number of carbonyl (C=O) groups excluding carboxylic acids is 5. The van der Waals surface area contributed by atoms with Crippen LogP contribution in [0.25, 0.3) is 11.1 Å². The number of unbranched alkanes of at least 4 members (excludes halogenated alkanes) is 5. The smallest absolute Gasteiger partial charge is 0.254 e. The highest BCUT2D eigenvalue weighted by atomic mass is 19.1. The Kier molecular flexibility index (Phi) is 18.9. The van der Waals surface area contributed by atoms with Crippen LogP contribution in [0.4, 0.5) is 10.2 Å². The third kappa shape index (κ3) is 13.8. The predicted octanol–water partition coefficient (Wildman–Crippen LogP) is 7.78. The molecule has 5 amide bonds. The molecule has 2 bridgehead atoms. The number of rotatable bonds is 19. The highest BCUT2D eigenvalue weighted by Crippen LogP contribution is 2.37. The maximum Gasteiger partial charge on any atom is 0.254 e. The summed E-state index contributed by atoms with van der Waals surface area (Å²) in [6, 6.07) is 19.5. The summed E-state index contributed by atoms with van der Waals surface area (Å²) in [6.07, 6.45) is 9.45. The minimum Gasteiger partial charge on any atom is -0.494 e. The van der Waals surface area contributed by atoms with Crippen LogP contribution >= 0.6 is 0 Å². The number of nitrogen functional groups attached to an aromatic ring is 1. The normalized spacial score (nSPS) is 17.6. The lowest BCUT2D eigenvalue weighted by Crippen LogP contribution is -2.62. The Balaban J connectivity index is 0.814. The summed E-state index contributed by atoms with van der Waals surface area (Å²) in [5.41, 5.74) is 12.0. The second-order valence-corrected chi connectivity index (χ2v) is 22.4. The molecule has 3 aliphatic rings. The first-order valence-corrected chi connectivity index (χ1v) is 28.0. The number of amides is 5. The average molecular weight is 1090 g/mol. The molecule has 6 N–H and O–H groups in total. The molecule has 0 fully saturated rings. The number of aromatic nitrogens is 3. The van der Waals surface area contributed by atoms with Crippen LogP contribution in [0, 0.1) is 22.6 Å². The molecule has 3 aromatic carbocycles. The van der Waals surface area contributed by atoms with Crippen molar-refractivity contribution in [2.45, 2.75) is 155 Å². The summed E-state index contributed by atoms with van der Waals surface area (Å²) in [5, 5.41) is 27.1. The fourth-order valence-corrected chi connectivity index (χ4v) is 10.9. The number of nitrogens with zero attached hydrogens (tertiary/aromatic N) is 6. The Morgan fingerprint density at radius 1 is 0.963 bits per heavy atom. The number of nitrogens with one attached hydrogen (secondary N) is 4. The summed E-state index contributed by atoms with van der Waals surface area (Å²) in [6.45, 7) is 10.4. The van der Waals surface area contributed by atoms with Crippen LogP contribution in [-0.4, -0.2) is 99.5 Å². The maximum atomic E-state index is 14.8. The van der Waals surface area contributed by atoms with Crippen LogP contribution in [0.5, 0.6) is 11.5 Å². The SMILES string of the molecule is CN[C@H](C)C(=O)N[C@@H](C(=O)N1Cc2cc(OCCCCCCCCC(=O)NCCn3nc(C#N)c4c3CN(C)C(=O)c3ccc(F)cc3[C@@H](C)Oc3cc-4cnc3N)ccc2C[C@@H]1C(=O)NC1CCCc2ccccc21)C(C)(C)C. The van der Waals surface area contributed by atoms with E-state index in [0.717, 1.165) is 68.1 Å². The van der Waals surface area contributed by atoms with Gasteiger partial charge in [-0.1, -0.05) is 76.8 Å². The molecule has 1 aliphatic carbocycles. The molecule has 0 saturated carbocycles. The molecule has 80 heavy (non-hydrogen) atoms. The molecule has 0 saturated heterocycles. The zero-order valence-electron chi connectivity index (χ0n) is 47.1. The quantitative estimate of drug-likeness (QED) is 0.0499. The van der Waals surface area contributed by atoms with Crippen molar-refractivity contribution in [1.29, 1.82) is 5.26 Å². The number of carbonyl (C=O) groups is 5. The molecule has 2 aromatic heterocycles. The fourth-order valence-electron chi connectivity index (χ4n) is 10.9. The fraction of sp³-hybridized carbons (Fsp3) is 0.475. The van der Waals surface area contributed by atoms with E-state index in [0.29, 0.717) is 54.0 Å². The number of anilines is 1. The van der Waals surface area contributed by atoms with Crippen molar-refractivity contribution in [3.8, 4) is 28.7 Å². The van der Waals surface area contributed by atoms with Crippen molar-refractivity contribution in [2.24, 2.45) is 5.41 Å². The second kappa shape index (κ2) is 26.0. The highest BCUT2D eigenvalue weighted by Gasteiger charge is 2.43. The van der Waals surface area contributed by atoms with E-state index in [2.05, 4.69) is 49.6 Å². The number of ether oxygens (including phenoxy) is 2. The van der Waals surface area contributed by atoms with Gasteiger partial charge in [-0.15, -0.1) is 0 Å². The average Bonchev–Trinajstić information content (AvgIpc) is 3.81. The zero-order valence-corrected chi connectivity index (χ0v) is 47.1. The van der Waals surface area contributed by atoms with Gasteiger partial charge in [0.25, 0.3) is 5.91 Å². The Morgan fingerprint density at radius 3 is 2.49 bits per heavy atom. The number of hydrogen-bond donors (Lipinski definition) is 5. The van der Waals surface area contributed by atoms with E-state index >= 15 is 0 Å². The zero-order chi connectivity index (χ0) is 57.3. The van der Waals surface area contributed by atoms with E-state index < -0.39 is 35.5 Å². The summed E-state index contributed by atoms with van der Waals surface area (Å²) in [7, 11) is 3.32. The van der Waals surface area contributed by atoms with Crippen LogP contribution in [0.15, 0.2) is 72.9 Å². The predicted molar refractivity (Wildman–Crippen MR) is 301 cm³/mol. The maximum absolute atomic E-state index is 14.8. The molecule has 1 unspecified atom stereocenters. The van der Waals surface area contributed by atoms with Crippen molar-refractivity contribution >= 4 is 35.4 Å². The molecule has 19 heteroatoms. The molecule has 2 aliphatic heterocycles. The Morgan fingerprint density at radius 2 is 1.73 bits per heavy atom. The summed E-state index contributed by atoms with van der Waals surface area (Å²) >= 11 is 0. The third-order valence-electron chi connectivity index (χ3n) is 15.6. The number of benzene rings is 3. The summed E-state index contributed by atoms with van der Waals surface area (Å²) in [4.78, 5) is 76.7. The Hall–Kier alpha value is -7.85. The van der Waals surface area contributed by atoms with Gasteiger partial charge in [-0.25, -0.2) is 9.37 Å². The Labute approximate surface area is 468 Å². The van der Waals surface area contributed by atoms with Gasteiger partial charge in [-0.05, 0) is 117 Å².